The van der Waals surface area contributed by atoms with E-state index in [4.69, 9.17) is 22.2 Å². The number of ether oxygens (including phenoxy) is 1. The molecule has 0 saturated heterocycles. The summed E-state index contributed by atoms with van der Waals surface area (Å²) in [6, 6.07) is 0.864. The van der Waals surface area contributed by atoms with Crippen LogP contribution in [0.25, 0.3) is 0 Å². The van der Waals surface area contributed by atoms with Gasteiger partial charge in [-0.2, -0.15) is 0 Å². The van der Waals surface area contributed by atoms with Crippen molar-refractivity contribution in [2.75, 3.05) is 13.7 Å². The molecule has 1 rings (SSSR count). The molecule has 0 atom stereocenters. The zero-order chi connectivity index (χ0) is 11.4. The molecule has 0 amide bonds. The third-order valence-corrected chi connectivity index (χ3v) is 2.17. The van der Waals surface area contributed by atoms with Gasteiger partial charge in [0.05, 0.1) is 18.7 Å². The summed E-state index contributed by atoms with van der Waals surface area (Å²) in [5, 5.41) is 0.0171. The minimum absolute atomic E-state index is 0.0171. The summed E-state index contributed by atoms with van der Waals surface area (Å²) in [7, 11) is 1.32. The van der Waals surface area contributed by atoms with Gasteiger partial charge >= 0.3 is 0 Å². The van der Waals surface area contributed by atoms with E-state index in [2.05, 4.69) is 4.84 Å². The maximum Gasteiger partial charge on any atom is 0.165 e. The van der Waals surface area contributed by atoms with Crippen molar-refractivity contribution >= 4 is 11.6 Å². The minimum atomic E-state index is -1.02. The molecule has 1 aromatic carbocycles. The predicted octanol–water partition coefficient (Wildman–Crippen LogP) is 2.06. The fraction of sp³-hybridized carbons (Fsp3) is 0.333. The summed E-state index contributed by atoms with van der Waals surface area (Å²) in [5.74, 6) is 2.90. The van der Waals surface area contributed by atoms with E-state index in [1.54, 1.807) is 0 Å². The Hall–Kier alpha value is -0.910. The predicted molar refractivity (Wildman–Crippen MR) is 51.8 cm³/mol. The average Bonchev–Trinajstić information content (AvgIpc) is 2.21. The van der Waals surface area contributed by atoms with E-state index < -0.39 is 11.6 Å². The lowest BCUT2D eigenvalue weighted by atomic mass is 10.1. The molecule has 0 unspecified atom stereocenters. The second kappa shape index (κ2) is 5.25. The maximum atomic E-state index is 13.3. The van der Waals surface area contributed by atoms with E-state index in [0.29, 0.717) is 0 Å². The molecule has 0 fully saturated rings. The maximum absolute atomic E-state index is 13.3. The molecule has 0 aliphatic rings. The van der Waals surface area contributed by atoms with Gasteiger partial charge in [-0.1, -0.05) is 11.6 Å². The normalized spacial score (nSPS) is 10.5. The van der Waals surface area contributed by atoms with Crippen molar-refractivity contribution in [2.45, 2.75) is 6.42 Å². The molecule has 0 aromatic heterocycles. The standard InChI is InChI=1S/C9H10ClF2NO2/c1-14-9-5(2-3-15-13)8(12)7(11)4-6(9)10/h4H,2-3,13H2,1H3. The van der Waals surface area contributed by atoms with Crippen LogP contribution in [0.5, 0.6) is 5.75 Å². The number of hydrogen-bond acceptors (Lipinski definition) is 3. The van der Waals surface area contributed by atoms with Crippen LogP contribution < -0.4 is 10.6 Å². The second-order valence-corrected chi connectivity index (χ2v) is 3.19. The van der Waals surface area contributed by atoms with Crippen LogP contribution in [-0.4, -0.2) is 13.7 Å². The van der Waals surface area contributed by atoms with E-state index in [1.165, 1.54) is 7.11 Å². The molecule has 2 N–H and O–H groups in total. The quantitative estimate of drug-likeness (QED) is 0.644. The molecule has 3 nitrogen and oxygen atoms in total. The van der Waals surface area contributed by atoms with Crippen LogP contribution in [0.4, 0.5) is 8.78 Å². The fourth-order valence-corrected chi connectivity index (χ4v) is 1.52. The monoisotopic (exact) mass is 237 g/mol. The van der Waals surface area contributed by atoms with Crippen LogP contribution in [0.2, 0.25) is 5.02 Å². The molecule has 0 heterocycles. The summed E-state index contributed by atoms with van der Waals surface area (Å²) in [5.41, 5.74) is 0.0213. The first-order valence-corrected chi connectivity index (χ1v) is 4.51. The molecule has 0 aliphatic heterocycles. The van der Waals surface area contributed by atoms with Gasteiger partial charge in [0.15, 0.2) is 11.6 Å². The van der Waals surface area contributed by atoms with Crippen molar-refractivity contribution < 1.29 is 18.4 Å². The number of nitrogens with two attached hydrogens (primary N) is 1. The highest BCUT2D eigenvalue weighted by molar-refractivity contribution is 6.32. The molecule has 15 heavy (non-hydrogen) atoms. The second-order valence-electron chi connectivity index (χ2n) is 2.79. The van der Waals surface area contributed by atoms with Crippen molar-refractivity contribution in [2.24, 2.45) is 5.90 Å². The minimum Gasteiger partial charge on any atom is -0.495 e. The third-order valence-electron chi connectivity index (χ3n) is 1.89. The molecule has 0 radical (unpaired) electrons. The molecule has 0 saturated carbocycles. The van der Waals surface area contributed by atoms with Gasteiger partial charge in [0.1, 0.15) is 5.75 Å². The van der Waals surface area contributed by atoms with Gasteiger partial charge in [0.2, 0.25) is 0 Å². The lowest BCUT2D eigenvalue weighted by molar-refractivity contribution is 0.140. The molecule has 6 heteroatoms. The first-order valence-electron chi connectivity index (χ1n) is 4.13. The summed E-state index contributed by atoms with van der Waals surface area (Å²) in [4.78, 5) is 4.29. The van der Waals surface area contributed by atoms with Gasteiger partial charge in [-0.25, -0.2) is 14.7 Å². The zero-order valence-corrected chi connectivity index (χ0v) is 8.78. The Morgan fingerprint density at radius 2 is 2.13 bits per heavy atom. The topological polar surface area (TPSA) is 44.5 Å². The van der Waals surface area contributed by atoms with Crippen molar-refractivity contribution in [3.63, 3.8) is 0 Å². The summed E-state index contributed by atoms with van der Waals surface area (Å²) in [6.07, 6.45) is 0.0863. The van der Waals surface area contributed by atoms with Crippen molar-refractivity contribution in [1.29, 1.82) is 0 Å². The Bertz CT molecular complexity index is 360. The SMILES string of the molecule is COc1c(Cl)cc(F)c(F)c1CCON. The number of hydrogen-bond donors (Lipinski definition) is 1. The highest BCUT2D eigenvalue weighted by Crippen LogP contribution is 2.32. The van der Waals surface area contributed by atoms with Crippen LogP contribution in [0, 0.1) is 11.6 Å². The summed E-state index contributed by atoms with van der Waals surface area (Å²) < 4.78 is 31.2. The number of methoxy groups -OCH3 is 1. The van der Waals surface area contributed by atoms with Gasteiger partial charge in [0.25, 0.3) is 0 Å². The van der Waals surface area contributed by atoms with Crippen LogP contribution in [0.1, 0.15) is 5.56 Å². The van der Waals surface area contributed by atoms with Crippen LogP contribution in [0.15, 0.2) is 6.07 Å². The highest BCUT2D eigenvalue weighted by atomic mass is 35.5. The third kappa shape index (κ3) is 2.56. The van der Waals surface area contributed by atoms with Gasteiger partial charge in [-0.3, -0.25) is 0 Å². The Morgan fingerprint density at radius 1 is 1.47 bits per heavy atom. The molecular formula is C9H10ClF2NO2. The Morgan fingerprint density at radius 3 is 2.67 bits per heavy atom. The van der Waals surface area contributed by atoms with Crippen molar-refractivity contribution in [3.05, 3.63) is 28.3 Å². The van der Waals surface area contributed by atoms with Gasteiger partial charge < -0.3 is 9.57 Å². The first-order chi connectivity index (χ1) is 7.11. The number of rotatable bonds is 4. The van der Waals surface area contributed by atoms with Crippen molar-refractivity contribution in [1.82, 2.24) is 0 Å². The number of halogens is 3. The number of benzene rings is 1. The lowest BCUT2D eigenvalue weighted by Gasteiger charge is -2.11. The lowest BCUT2D eigenvalue weighted by Crippen LogP contribution is -2.08. The Kier molecular flexibility index (Phi) is 4.26. The summed E-state index contributed by atoms with van der Waals surface area (Å²) >= 11 is 5.68. The molecule has 0 spiro atoms. The Labute approximate surface area is 90.7 Å². The fourth-order valence-electron chi connectivity index (χ4n) is 1.23. The zero-order valence-electron chi connectivity index (χ0n) is 8.02. The van der Waals surface area contributed by atoms with Gasteiger partial charge in [-0.15, -0.1) is 0 Å². The van der Waals surface area contributed by atoms with Crippen LogP contribution in [0.3, 0.4) is 0 Å². The average molecular weight is 238 g/mol. The highest BCUT2D eigenvalue weighted by Gasteiger charge is 2.17. The molecule has 0 aliphatic carbocycles. The molecular weight excluding hydrogens is 228 g/mol. The molecule has 1 aromatic rings. The van der Waals surface area contributed by atoms with Crippen LogP contribution in [-0.2, 0) is 11.3 Å². The van der Waals surface area contributed by atoms with E-state index in [0.717, 1.165) is 6.07 Å². The largest absolute Gasteiger partial charge is 0.495 e. The molecule has 84 valence electrons. The van der Waals surface area contributed by atoms with Gasteiger partial charge in [0, 0.05) is 12.0 Å². The van der Waals surface area contributed by atoms with Crippen molar-refractivity contribution in [3.8, 4) is 5.75 Å². The molecule has 0 bridgehead atoms. The van der Waals surface area contributed by atoms with Crippen LogP contribution >= 0.6 is 11.6 Å². The smallest absolute Gasteiger partial charge is 0.165 e. The van der Waals surface area contributed by atoms with E-state index in [1.807, 2.05) is 0 Å². The Balaban J connectivity index is 3.18. The first kappa shape index (κ1) is 12.2. The van der Waals surface area contributed by atoms with E-state index in [9.17, 15) is 8.78 Å². The van der Waals surface area contributed by atoms with E-state index >= 15 is 0 Å². The van der Waals surface area contributed by atoms with E-state index in [-0.39, 0.29) is 29.4 Å². The summed E-state index contributed by atoms with van der Waals surface area (Å²) in [6.45, 7) is 0.0487. The van der Waals surface area contributed by atoms with Gasteiger partial charge in [-0.05, 0) is 6.07 Å².